The summed E-state index contributed by atoms with van der Waals surface area (Å²) in [6.07, 6.45) is 7.79. The number of halogens is 1. The number of rotatable bonds is 2. The second-order valence-electron chi connectivity index (χ2n) is 7.66. The van der Waals surface area contributed by atoms with E-state index in [1.54, 1.807) is 0 Å². The Morgan fingerprint density at radius 2 is 1.77 bits per heavy atom. The maximum absolute atomic E-state index is 6.22. The molecule has 4 nitrogen and oxygen atoms in total. The fraction of sp³-hybridized carbons (Fsp3) is 0.941. The maximum atomic E-state index is 6.22. The summed E-state index contributed by atoms with van der Waals surface area (Å²) in [5.41, 5.74) is 6.40. The van der Waals surface area contributed by atoms with E-state index < -0.39 is 0 Å². The molecule has 2 rings (SSSR count). The molecule has 0 aliphatic carbocycles. The van der Waals surface area contributed by atoms with Crippen LogP contribution in [0.5, 0.6) is 0 Å². The van der Waals surface area contributed by atoms with Gasteiger partial charge in [0, 0.05) is 32.2 Å². The molecule has 0 aromatic rings. The Kier molecular flexibility index (Phi) is 8.46. The van der Waals surface area contributed by atoms with Crippen molar-refractivity contribution in [3.8, 4) is 0 Å². The molecular weight excluding hydrogens is 389 g/mol. The number of guanidine groups is 1. The summed E-state index contributed by atoms with van der Waals surface area (Å²) in [7, 11) is 0. The molecule has 0 amide bonds. The highest BCUT2D eigenvalue weighted by molar-refractivity contribution is 14.0. The van der Waals surface area contributed by atoms with Gasteiger partial charge in [0.1, 0.15) is 0 Å². The van der Waals surface area contributed by atoms with Gasteiger partial charge in [0.2, 0.25) is 0 Å². The lowest BCUT2D eigenvalue weighted by Gasteiger charge is -2.39. The molecule has 2 N–H and O–H groups in total. The average Bonchev–Trinajstić information content (AvgIpc) is 2.73. The molecule has 2 saturated heterocycles. The third-order valence-corrected chi connectivity index (χ3v) is 4.72. The van der Waals surface area contributed by atoms with E-state index in [1.165, 1.54) is 32.1 Å². The third-order valence-electron chi connectivity index (χ3n) is 4.72. The lowest BCUT2D eigenvalue weighted by atomic mass is 9.78. The number of hydrogen-bond donors (Lipinski definition) is 1. The number of nitrogens with two attached hydrogens (primary N) is 1. The van der Waals surface area contributed by atoms with Gasteiger partial charge in [-0.2, -0.15) is 0 Å². The number of aliphatic imine (C=N–C) groups is 1. The molecular formula is C17H34IN3O. The Bertz CT molecular complexity index is 346. The molecule has 2 atom stereocenters. The SMILES string of the molecule is CC(C)(C)C1OCCCC1CN=C(N)N1CCCCCC1.I. The fourth-order valence-electron chi connectivity index (χ4n) is 3.60. The van der Waals surface area contributed by atoms with Crippen LogP contribution < -0.4 is 5.73 Å². The second kappa shape index (κ2) is 9.30. The van der Waals surface area contributed by atoms with Crippen LogP contribution in [0.4, 0.5) is 0 Å². The predicted octanol–water partition coefficient (Wildman–Crippen LogP) is 3.64. The summed E-state index contributed by atoms with van der Waals surface area (Å²) < 4.78 is 6.03. The van der Waals surface area contributed by atoms with Gasteiger partial charge in [-0.05, 0) is 31.1 Å². The number of ether oxygens (including phenoxy) is 1. The summed E-state index contributed by atoms with van der Waals surface area (Å²) in [6.45, 7) is 10.6. The van der Waals surface area contributed by atoms with Crippen LogP contribution in [0.25, 0.3) is 0 Å². The van der Waals surface area contributed by atoms with E-state index in [0.29, 0.717) is 12.0 Å². The molecule has 130 valence electrons. The van der Waals surface area contributed by atoms with Crippen LogP contribution in [0.1, 0.15) is 59.3 Å². The molecule has 0 spiro atoms. The van der Waals surface area contributed by atoms with E-state index in [0.717, 1.165) is 38.6 Å². The van der Waals surface area contributed by atoms with Crippen molar-refractivity contribution in [3.05, 3.63) is 0 Å². The van der Waals surface area contributed by atoms with Crippen molar-refractivity contribution in [2.24, 2.45) is 22.1 Å². The first-order valence-electron chi connectivity index (χ1n) is 8.65. The lowest BCUT2D eigenvalue weighted by Crippen LogP contribution is -2.42. The van der Waals surface area contributed by atoms with Crippen molar-refractivity contribution in [3.63, 3.8) is 0 Å². The van der Waals surface area contributed by atoms with Gasteiger partial charge in [0.05, 0.1) is 6.10 Å². The normalized spacial score (nSPS) is 28.0. The first-order chi connectivity index (χ1) is 9.98. The Hall–Kier alpha value is -0.0400. The smallest absolute Gasteiger partial charge is 0.191 e. The highest BCUT2D eigenvalue weighted by Crippen LogP contribution is 2.34. The second-order valence-corrected chi connectivity index (χ2v) is 7.66. The van der Waals surface area contributed by atoms with Gasteiger partial charge in [-0.1, -0.05) is 33.6 Å². The van der Waals surface area contributed by atoms with E-state index >= 15 is 0 Å². The van der Waals surface area contributed by atoms with Gasteiger partial charge in [0.25, 0.3) is 0 Å². The van der Waals surface area contributed by atoms with Crippen LogP contribution in [0.15, 0.2) is 4.99 Å². The first-order valence-corrected chi connectivity index (χ1v) is 8.65. The number of nitrogens with zero attached hydrogens (tertiary/aromatic N) is 2. The summed E-state index contributed by atoms with van der Waals surface area (Å²) in [6, 6.07) is 0. The standard InChI is InChI=1S/C17H33N3O.HI/c1-17(2,3)15-14(9-8-12-21-15)13-19-16(18)20-10-6-4-5-7-11-20;/h14-15H,4-13H2,1-3H3,(H2,18,19);1H. The molecule has 22 heavy (non-hydrogen) atoms. The van der Waals surface area contributed by atoms with Crippen LogP contribution >= 0.6 is 24.0 Å². The van der Waals surface area contributed by atoms with Crippen molar-refractivity contribution < 1.29 is 4.74 Å². The Morgan fingerprint density at radius 1 is 1.14 bits per heavy atom. The molecule has 0 aromatic heterocycles. The van der Waals surface area contributed by atoms with Crippen molar-refractivity contribution >= 4 is 29.9 Å². The predicted molar refractivity (Wildman–Crippen MR) is 104 cm³/mol. The third kappa shape index (κ3) is 5.87. The van der Waals surface area contributed by atoms with Crippen molar-refractivity contribution in [1.29, 1.82) is 0 Å². The van der Waals surface area contributed by atoms with Crippen molar-refractivity contribution in [2.45, 2.75) is 65.4 Å². The van der Waals surface area contributed by atoms with Crippen LogP contribution in [0, 0.1) is 11.3 Å². The van der Waals surface area contributed by atoms with Crippen molar-refractivity contribution in [2.75, 3.05) is 26.2 Å². The topological polar surface area (TPSA) is 50.9 Å². The number of hydrogen-bond acceptors (Lipinski definition) is 2. The molecule has 2 heterocycles. The minimum Gasteiger partial charge on any atom is -0.377 e. The fourth-order valence-corrected chi connectivity index (χ4v) is 3.60. The zero-order valence-electron chi connectivity index (χ0n) is 14.5. The monoisotopic (exact) mass is 423 g/mol. The van der Waals surface area contributed by atoms with Gasteiger partial charge >= 0.3 is 0 Å². The van der Waals surface area contributed by atoms with Gasteiger partial charge in [-0.25, -0.2) is 0 Å². The zero-order valence-corrected chi connectivity index (χ0v) is 16.8. The van der Waals surface area contributed by atoms with Crippen LogP contribution in [-0.2, 0) is 4.74 Å². The van der Waals surface area contributed by atoms with E-state index in [4.69, 9.17) is 15.5 Å². The average molecular weight is 423 g/mol. The molecule has 0 saturated carbocycles. The molecule has 2 aliphatic rings. The van der Waals surface area contributed by atoms with Gasteiger partial charge in [0.15, 0.2) is 5.96 Å². The van der Waals surface area contributed by atoms with Gasteiger partial charge in [-0.15, -0.1) is 24.0 Å². The molecule has 0 bridgehead atoms. The van der Waals surface area contributed by atoms with E-state index in [-0.39, 0.29) is 29.4 Å². The summed E-state index contributed by atoms with van der Waals surface area (Å²) in [5, 5.41) is 0. The van der Waals surface area contributed by atoms with E-state index in [1.807, 2.05) is 0 Å². The Morgan fingerprint density at radius 3 is 2.36 bits per heavy atom. The minimum absolute atomic E-state index is 0. The summed E-state index contributed by atoms with van der Waals surface area (Å²) >= 11 is 0. The summed E-state index contributed by atoms with van der Waals surface area (Å²) in [5.74, 6) is 1.25. The zero-order chi connectivity index (χ0) is 15.3. The van der Waals surface area contributed by atoms with Crippen LogP contribution in [0.3, 0.4) is 0 Å². The van der Waals surface area contributed by atoms with E-state index in [2.05, 4.69) is 25.7 Å². The van der Waals surface area contributed by atoms with E-state index in [9.17, 15) is 0 Å². The minimum atomic E-state index is 0. The highest BCUT2D eigenvalue weighted by atomic mass is 127. The first kappa shape index (κ1) is 20.0. The largest absolute Gasteiger partial charge is 0.377 e. The highest BCUT2D eigenvalue weighted by Gasteiger charge is 2.35. The lowest BCUT2D eigenvalue weighted by molar-refractivity contribution is -0.0823. The molecule has 2 unspecified atom stereocenters. The molecule has 0 radical (unpaired) electrons. The molecule has 5 heteroatoms. The molecule has 0 aromatic carbocycles. The van der Waals surface area contributed by atoms with Crippen molar-refractivity contribution in [1.82, 2.24) is 4.90 Å². The molecule has 2 aliphatic heterocycles. The summed E-state index contributed by atoms with van der Waals surface area (Å²) in [4.78, 5) is 6.98. The quantitative estimate of drug-likeness (QED) is 0.419. The van der Waals surface area contributed by atoms with Gasteiger partial charge < -0.3 is 15.4 Å². The Balaban J connectivity index is 0.00000242. The van der Waals surface area contributed by atoms with Crippen LogP contribution in [-0.4, -0.2) is 43.2 Å². The molecule has 2 fully saturated rings. The van der Waals surface area contributed by atoms with Crippen LogP contribution in [0.2, 0.25) is 0 Å². The Labute approximate surface area is 153 Å². The number of likely N-dealkylation sites (tertiary alicyclic amines) is 1. The van der Waals surface area contributed by atoms with Gasteiger partial charge in [-0.3, -0.25) is 4.99 Å². The maximum Gasteiger partial charge on any atom is 0.191 e.